The van der Waals surface area contributed by atoms with Crippen molar-refractivity contribution >= 4 is 5.91 Å². The first-order chi connectivity index (χ1) is 8.95. The van der Waals surface area contributed by atoms with Crippen molar-refractivity contribution in [1.29, 1.82) is 0 Å². The molecule has 0 spiro atoms. The Morgan fingerprint density at radius 3 is 2.47 bits per heavy atom. The normalized spacial score (nSPS) is 45.2. The van der Waals surface area contributed by atoms with Crippen LogP contribution in [-0.4, -0.2) is 23.7 Å². The van der Waals surface area contributed by atoms with E-state index in [0.29, 0.717) is 11.8 Å². The summed E-state index contributed by atoms with van der Waals surface area (Å²) in [6.45, 7) is 4.54. The van der Waals surface area contributed by atoms with Crippen LogP contribution in [0.4, 0.5) is 0 Å². The van der Waals surface area contributed by atoms with Gasteiger partial charge in [0.2, 0.25) is 5.91 Å². The predicted octanol–water partition coefficient (Wildman–Crippen LogP) is 2.48. The van der Waals surface area contributed by atoms with E-state index in [1.165, 1.54) is 19.3 Å². The molecule has 0 aromatic rings. The molecule has 3 unspecified atom stereocenters. The Kier molecular flexibility index (Phi) is 3.16. The Bertz CT molecular complexity index is 365. The number of amides is 1. The molecule has 2 N–H and O–H groups in total. The van der Waals surface area contributed by atoms with Crippen LogP contribution in [0.5, 0.6) is 0 Å². The summed E-state index contributed by atoms with van der Waals surface area (Å²) in [4.78, 5) is 12.7. The first-order valence-corrected chi connectivity index (χ1v) is 7.87. The zero-order chi connectivity index (χ0) is 13.7. The quantitative estimate of drug-likeness (QED) is 0.820. The van der Waals surface area contributed by atoms with Crippen LogP contribution in [0.1, 0.15) is 58.8 Å². The predicted molar refractivity (Wildman–Crippen MR) is 74.5 cm³/mol. The Balaban J connectivity index is 1.74. The Hall–Kier alpha value is -0.570. The van der Waals surface area contributed by atoms with Crippen molar-refractivity contribution in [2.24, 2.45) is 22.7 Å². The van der Waals surface area contributed by atoms with E-state index >= 15 is 0 Å². The first kappa shape index (κ1) is 13.4. The molecule has 0 heterocycles. The topological polar surface area (TPSA) is 49.3 Å². The number of carbonyl (C=O) groups is 1. The summed E-state index contributed by atoms with van der Waals surface area (Å²) in [6, 6.07) is 0.0957. The molecule has 0 aromatic heterocycles. The highest BCUT2D eigenvalue weighted by molar-refractivity contribution is 5.83. The number of rotatable bonds is 4. The average Bonchev–Trinajstić information content (AvgIpc) is 2.25. The minimum Gasteiger partial charge on any atom is -0.396 e. The van der Waals surface area contributed by atoms with E-state index in [4.69, 9.17) is 5.11 Å². The van der Waals surface area contributed by atoms with E-state index in [0.717, 1.165) is 31.1 Å². The molecule has 4 aliphatic carbocycles. The molecule has 3 nitrogen and oxygen atoms in total. The van der Waals surface area contributed by atoms with Gasteiger partial charge in [0.1, 0.15) is 0 Å². The van der Waals surface area contributed by atoms with Gasteiger partial charge >= 0.3 is 0 Å². The van der Waals surface area contributed by atoms with Gasteiger partial charge in [-0.1, -0.05) is 6.92 Å². The lowest BCUT2D eigenvalue weighted by atomic mass is 9.44. The summed E-state index contributed by atoms with van der Waals surface area (Å²) in [5, 5.41) is 12.1. The fourth-order valence-corrected chi connectivity index (χ4v) is 5.63. The van der Waals surface area contributed by atoms with Crippen molar-refractivity contribution in [1.82, 2.24) is 5.32 Å². The van der Waals surface area contributed by atoms with Crippen molar-refractivity contribution < 1.29 is 9.90 Å². The van der Waals surface area contributed by atoms with Crippen molar-refractivity contribution in [3.05, 3.63) is 0 Å². The summed E-state index contributed by atoms with van der Waals surface area (Å²) in [5.41, 5.74) is 0.337. The van der Waals surface area contributed by atoms with E-state index in [1.54, 1.807) is 0 Å². The molecule has 0 saturated heterocycles. The molecule has 4 fully saturated rings. The van der Waals surface area contributed by atoms with Gasteiger partial charge in [0, 0.05) is 12.6 Å². The smallest absolute Gasteiger partial charge is 0.226 e. The SMILES string of the molecule is CC(CCO)NC(=O)C12CC3CC(CC(C)(C3)C1)C2. The first-order valence-electron chi connectivity index (χ1n) is 7.87. The third-order valence-corrected chi connectivity index (χ3v) is 5.77. The molecule has 3 atom stereocenters. The van der Waals surface area contributed by atoms with Crippen LogP contribution in [0.15, 0.2) is 0 Å². The molecule has 0 aliphatic heterocycles. The van der Waals surface area contributed by atoms with Gasteiger partial charge in [-0.25, -0.2) is 0 Å². The van der Waals surface area contributed by atoms with Gasteiger partial charge in [-0.3, -0.25) is 4.79 Å². The second kappa shape index (κ2) is 4.47. The number of hydrogen-bond donors (Lipinski definition) is 2. The van der Waals surface area contributed by atoms with Crippen LogP contribution in [0.2, 0.25) is 0 Å². The molecule has 4 rings (SSSR count). The number of aliphatic hydroxyl groups is 1. The molecular formula is C16H27NO2. The molecule has 4 saturated carbocycles. The summed E-state index contributed by atoms with van der Waals surface area (Å²) < 4.78 is 0. The molecular weight excluding hydrogens is 238 g/mol. The Morgan fingerprint density at radius 2 is 1.95 bits per heavy atom. The van der Waals surface area contributed by atoms with Crippen molar-refractivity contribution in [2.45, 2.75) is 64.8 Å². The number of nitrogens with one attached hydrogen (secondary N) is 1. The van der Waals surface area contributed by atoms with Crippen LogP contribution < -0.4 is 5.32 Å². The average molecular weight is 265 g/mol. The molecule has 0 aromatic carbocycles. The minimum absolute atomic E-state index is 0.0808. The van der Waals surface area contributed by atoms with Crippen molar-refractivity contribution in [3.8, 4) is 0 Å². The minimum atomic E-state index is -0.0808. The molecule has 3 heteroatoms. The fourth-order valence-electron chi connectivity index (χ4n) is 5.63. The highest BCUT2D eigenvalue weighted by Gasteiger charge is 2.58. The van der Waals surface area contributed by atoms with Crippen LogP contribution in [-0.2, 0) is 4.79 Å². The van der Waals surface area contributed by atoms with Gasteiger partial charge in [-0.2, -0.15) is 0 Å². The fraction of sp³-hybridized carbons (Fsp3) is 0.938. The van der Waals surface area contributed by atoms with Gasteiger partial charge < -0.3 is 10.4 Å². The van der Waals surface area contributed by atoms with Crippen LogP contribution in [0, 0.1) is 22.7 Å². The van der Waals surface area contributed by atoms with Gasteiger partial charge in [0.15, 0.2) is 0 Å². The summed E-state index contributed by atoms with van der Waals surface area (Å²) in [5.74, 6) is 1.84. The highest BCUT2D eigenvalue weighted by Crippen LogP contribution is 2.65. The largest absolute Gasteiger partial charge is 0.396 e. The third-order valence-electron chi connectivity index (χ3n) is 5.77. The monoisotopic (exact) mass is 265 g/mol. The van der Waals surface area contributed by atoms with Crippen LogP contribution >= 0.6 is 0 Å². The molecule has 4 aliphatic rings. The van der Waals surface area contributed by atoms with E-state index < -0.39 is 0 Å². The summed E-state index contributed by atoms with van der Waals surface area (Å²) in [7, 11) is 0. The van der Waals surface area contributed by atoms with Crippen LogP contribution in [0.25, 0.3) is 0 Å². The molecule has 4 bridgehead atoms. The van der Waals surface area contributed by atoms with Gasteiger partial charge in [-0.05, 0) is 69.1 Å². The zero-order valence-electron chi connectivity index (χ0n) is 12.2. The molecule has 1 amide bonds. The maximum absolute atomic E-state index is 12.7. The second-order valence-corrected chi connectivity index (χ2v) is 7.94. The van der Waals surface area contributed by atoms with Gasteiger partial charge in [0.05, 0.1) is 5.41 Å². The lowest BCUT2D eigenvalue weighted by Gasteiger charge is -2.60. The lowest BCUT2D eigenvalue weighted by molar-refractivity contribution is -0.156. The molecule has 0 radical (unpaired) electrons. The van der Waals surface area contributed by atoms with E-state index in [2.05, 4.69) is 12.2 Å². The molecule has 19 heavy (non-hydrogen) atoms. The number of carbonyl (C=O) groups excluding carboxylic acids is 1. The zero-order valence-corrected chi connectivity index (χ0v) is 12.2. The van der Waals surface area contributed by atoms with Gasteiger partial charge in [0.25, 0.3) is 0 Å². The standard InChI is InChI=1S/C16H27NO2/c1-11(3-4-18)17-14(19)16-8-12-5-13(9-16)7-15(2,6-12)10-16/h11-13,18H,3-10H2,1-2H3,(H,17,19). The Labute approximate surface area is 116 Å². The Morgan fingerprint density at radius 1 is 1.32 bits per heavy atom. The van der Waals surface area contributed by atoms with Crippen LogP contribution in [0.3, 0.4) is 0 Å². The molecule has 108 valence electrons. The van der Waals surface area contributed by atoms with E-state index in [1.807, 2.05) is 6.92 Å². The van der Waals surface area contributed by atoms with Gasteiger partial charge in [-0.15, -0.1) is 0 Å². The summed E-state index contributed by atoms with van der Waals surface area (Å²) in [6.07, 6.45) is 8.00. The maximum atomic E-state index is 12.7. The maximum Gasteiger partial charge on any atom is 0.226 e. The highest BCUT2D eigenvalue weighted by atomic mass is 16.3. The number of hydrogen-bond acceptors (Lipinski definition) is 2. The second-order valence-electron chi connectivity index (χ2n) is 7.94. The third kappa shape index (κ3) is 2.31. The van der Waals surface area contributed by atoms with E-state index in [9.17, 15) is 4.79 Å². The van der Waals surface area contributed by atoms with Crippen molar-refractivity contribution in [2.75, 3.05) is 6.61 Å². The van der Waals surface area contributed by atoms with E-state index in [-0.39, 0.29) is 24.0 Å². The number of aliphatic hydroxyl groups excluding tert-OH is 1. The summed E-state index contributed by atoms with van der Waals surface area (Å²) >= 11 is 0. The van der Waals surface area contributed by atoms with Crippen molar-refractivity contribution in [3.63, 3.8) is 0 Å². The lowest BCUT2D eigenvalue weighted by Crippen LogP contribution is -2.57.